The predicted molar refractivity (Wildman–Crippen MR) is 105 cm³/mol. The average Bonchev–Trinajstić information content (AvgIpc) is 3.08. The van der Waals surface area contributed by atoms with E-state index < -0.39 is 0 Å². The highest BCUT2D eigenvalue weighted by molar-refractivity contribution is 5.80. The van der Waals surface area contributed by atoms with Crippen LogP contribution in [-0.2, 0) is 16.0 Å². The number of nitrogens with one attached hydrogen (secondary N) is 1. The minimum atomic E-state index is -0.346. The van der Waals surface area contributed by atoms with Gasteiger partial charge in [-0.15, -0.1) is 0 Å². The van der Waals surface area contributed by atoms with Gasteiger partial charge in [-0.1, -0.05) is 37.3 Å². The summed E-state index contributed by atoms with van der Waals surface area (Å²) in [6.45, 7) is 3.53. The van der Waals surface area contributed by atoms with E-state index in [-0.39, 0.29) is 29.4 Å². The fraction of sp³-hybridized carbons (Fsp3) is 0.636. The topological polar surface area (TPSA) is 69.6 Å². The first kappa shape index (κ1) is 19.9. The van der Waals surface area contributed by atoms with Gasteiger partial charge in [0, 0.05) is 31.5 Å². The van der Waals surface area contributed by atoms with Gasteiger partial charge in [0.25, 0.3) is 0 Å². The van der Waals surface area contributed by atoms with Crippen molar-refractivity contribution in [1.29, 1.82) is 0 Å². The molecule has 0 aliphatic carbocycles. The second-order valence-corrected chi connectivity index (χ2v) is 8.16. The zero-order valence-corrected chi connectivity index (χ0v) is 16.3. The lowest BCUT2D eigenvalue weighted by atomic mass is 9.87. The number of piperidine rings is 1. The Morgan fingerprint density at radius 2 is 2.00 bits per heavy atom. The molecule has 2 heterocycles. The van der Waals surface area contributed by atoms with Crippen molar-refractivity contribution < 1.29 is 14.7 Å². The number of carbonyl (C=O) groups excluding carboxylic acids is 2. The average molecular weight is 373 g/mol. The maximum absolute atomic E-state index is 12.6. The Kier molecular flexibility index (Phi) is 6.53. The van der Waals surface area contributed by atoms with Crippen LogP contribution >= 0.6 is 0 Å². The third-order valence-electron chi connectivity index (χ3n) is 6.45. The normalized spacial score (nSPS) is 24.7. The van der Waals surface area contributed by atoms with Crippen LogP contribution in [0.1, 0.15) is 57.4 Å². The molecule has 2 aliphatic heterocycles. The van der Waals surface area contributed by atoms with Crippen LogP contribution < -0.4 is 5.32 Å². The van der Waals surface area contributed by atoms with E-state index in [0.717, 1.165) is 50.8 Å². The summed E-state index contributed by atoms with van der Waals surface area (Å²) < 4.78 is 0. The van der Waals surface area contributed by atoms with Crippen LogP contribution in [0.2, 0.25) is 0 Å². The smallest absolute Gasteiger partial charge is 0.222 e. The van der Waals surface area contributed by atoms with Crippen LogP contribution in [-0.4, -0.2) is 46.6 Å². The second kappa shape index (κ2) is 8.87. The van der Waals surface area contributed by atoms with Crippen LogP contribution in [0.5, 0.6) is 0 Å². The molecule has 2 N–H and O–H groups in total. The first-order chi connectivity index (χ1) is 13.0. The molecule has 2 fully saturated rings. The van der Waals surface area contributed by atoms with Crippen molar-refractivity contribution in [2.45, 2.75) is 69.9 Å². The molecule has 1 aromatic carbocycles. The van der Waals surface area contributed by atoms with E-state index in [1.165, 1.54) is 0 Å². The third-order valence-corrected chi connectivity index (χ3v) is 6.45. The lowest BCUT2D eigenvalue weighted by molar-refractivity contribution is -0.133. The number of rotatable bonds is 7. The van der Waals surface area contributed by atoms with Crippen molar-refractivity contribution in [1.82, 2.24) is 10.2 Å². The van der Waals surface area contributed by atoms with Gasteiger partial charge in [0.15, 0.2) is 0 Å². The summed E-state index contributed by atoms with van der Waals surface area (Å²) in [4.78, 5) is 26.1. The summed E-state index contributed by atoms with van der Waals surface area (Å²) in [5.74, 6) is 0.544. The molecule has 0 bridgehead atoms. The highest BCUT2D eigenvalue weighted by Crippen LogP contribution is 2.30. The van der Waals surface area contributed by atoms with Crippen molar-refractivity contribution in [3.05, 3.63) is 35.9 Å². The summed E-state index contributed by atoms with van der Waals surface area (Å²) in [5, 5.41) is 13.6. The molecule has 27 heavy (non-hydrogen) atoms. The monoisotopic (exact) mass is 372 g/mol. The molecular formula is C22H32N2O3. The summed E-state index contributed by atoms with van der Waals surface area (Å²) >= 11 is 0. The number of amides is 2. The Balaban J connectivity index is 1.43. The molecule has 2 saturated heterocycles. The molecule has 5 nitrogen and oxygen atoms in total. The maximum atomic E-state index is 12.6. The molecule has 0 saturated carbocycles. The number of likely N-dealkylation sites (tertiary alicyclic amines) is 1. The summed E-state index contributed by atoms with van der Waals surface area (Å²) in [5.41, 5.74) is 0.976. The number of hydrogen-bond acceptors (Lipinski definition) is 3. The predicted octanol–water partition coefficient (Wildman–Crippen LogP) is 2.67. The van der Waals surface area contributed by atoms with Gasteiger partial charge in [0.05, 0.1) is 6.10 Å². The largest absolute Gasteiger partial charge is 0.392 e. The van der Waals surface area contributed by atoms with Crippen LogP contribution in [0, 0.1) is 5.92 Å². The Hall–Kier alpha value is -1.88. The molecule has 0 spiro atoms. The fourth-order valence-electron chi connectivity index (χ4n) is 4.46. The van der Waals surface area contributed by atoms with Crippen LogP contribution in [0.4, 0.5) is 0 Å². The molecule has 2 atom stereocenters. The van der Waals surface area contributed by atoms with E-state index in [2.05, 4.69) is 12.2 Å². The number of aliphatic hydroxyl groups is 1. The fourth-order valence-corrected chi connectivity index (χ4v) is 4.46. The quantitative estimate of drug-likeness (QED) is 0.773. The van der Waals surface area contributed by atoms with Gasteiger partial charge in [-0.05, 0) is 50.0 Å². The van der Waals surface area contributed by atoms with Crippen LogP contribution in [0.15, 0.2) is 30.3 Å². The number of carbonyl (C=O) groups is 2. The van der Waals surface area contributed by atoms with Gasteiger partial charge in [0.2, 0.25) is 11.8 Å². The molecule has 1 aromatic rings. The zero-order chi connectivity index (χ0) is 19.3. The standard InChI is InChI=1S/C22H32N2O3/c1-2-22(12-8-20(26)23-22)13-9-21(27)24-14-10-18(11-15-24)19(25)16-17-6-4-3-5-7-17/h3-7,18-19,25H,2,8-16H2,1H3,(H,23,26). The Bertz CT molecular complexity index is 640. The van der Waals surface area contributed by atoms with Gasteiger partial charge < -0.3 is 15.3 Å². The van der Waals surface area contributed by atoms with Gasteiger partial charge in [-0.3, -0.25) is 9.59 Å². The molecule has 0 aromatic heterocycles. The minimum Gasteiger partial charge on any atom is -0.392 e. The van der Waals surface area contributed by atoms with Crippen molar-refractivity contribution in [3.63, 3.8) is 0 Å². The molecule has 3 rings (SSSR count). The van der Waals surface area contributed by atoms with E-state index in [9.17, 15) is 14.7 Å². The third kappa shape index (κ3) is 5.10. The first-order valence-corrected chi connectivity index (χ1v) is 10.3. The van der Waals surface area contributed by atoms with E-state index in [1.54, 1.807) is 0 Å². The second-order valence-electron chi connectivity index (χ2n) is 8.16. The lowest BCUT2D eigenvalue weighted by Crippen LogP contribution is -2.44. The Labute approximate surface area is 162 Å². The van der Waals surface area contributed by atoms with E-state index in [0.29, 0.717) is 19.3 Å². The van der Waals surface area contributed by atoms with Crippen molar-refractivity contribution >= 4 is 11.8 Å². The lowest BCUT2D eigenvalue weighted by Gasteiger charge is -2.35. The van der Waals surface area contributed by atoms with Crippen LogP contribution in [0.25, 0.3) is 0 Å². The van der Waals surface area contributed by atoms with Crippen molar-refractivity contribution in [2.24, 2.45) is 5.92 Å². The molecule has 2 aliphatic rings. The highest BCUT2D eigenvalue weighted by Gasteiger charge is 2.36. The van der Waals surface area contributed by atoms with Gasteiger partial charge in [0.1, 0.15) is 0 Å². The molecule has 2 amide bonds. The maximum Gasteiger partial charge on any atom is 0.222 e. The molecular weight excluding hydrogens is 340 g/mol. The molecule has 148 valence electrons. The van der Waals surface area contributed by atoms with Crippen molar-refractivity contribution in [2.75, 3.05) is 13.1 Å². The summed E-state index contributed by atoms with van der Waals surface area (Å²) in [6, 6.07) is 10.1. The number of aliphatic hydroxyl groups excluding tert-OH is 1. The first-order valence-electron chi connectivity index (χ1n) is 10.3. The Morgan fingerprint density at radius 1 is 1.30 bits per heavy atom. The zero-order valence-electron chi connectivity index (χ0n) is 16.3. The van der Waals surface area contributed by atoms with Crippen molar-refractivity contribution in [3.8, 4) is 0 Å². The highest BCUT2D eigenvalue weighted by atomic mass is 16.3. The molecule has 5 heteroatoms. The molecule has 0 radical (unpaired) electrons. The minimum absolute atomic E-state index is 0.109. The summed E-state index contributed by atoms with van der Waals surface area (Å²) in [6.07, 6.45) is 5.55. The van der Waals surface area contributed by atoms with Crippen LogP contribution in [0.3, 0.4) is 0 Å². The van der Waals surface area contributed by atoms with Gasteiger partial charge >= 0.3 is 0 Å². The summed E-state index contributed by atoms with van der Waals surface area (Å²) in [7, 11) is 0. The number of nitrogens with zero attached hydrogens (tertiary/aromatic N) is 1. The molecule has 2 unspecified atom stereocenters. The Morgan fingerprint density at radius 3 is 2.59 bits per heavy atom. The van der Waals surface area contributed by atoms with E-state index >= 15 is 0 Å². The van der Waals surface area contributed by atoms with Gasteiger partial charge in [-0.2, -0.15) is 0 Å². The van der Waals surface area contributed by atoms with E-state index in [4.69, 9.17) is 0 Å². The SMILES string of the molecule is CCC1(CCC(=O)N2CCC(C(O)Cc3ccccc3)CC2)CCC(=O)N1. The van der Waals surface area contributed by atoms with Gasteiger partial charge in [-0.25, -0.2) is 0 Å². The number of benzene rings is 1. The number of hydrogen-bond donors (Lipinski definition) is 2. The van der Waals surface area contributed by atoms with E-state index in [1.807, 2.05) is 35.2 Å².